The first-order valence-electron chi connectivity index (χ1n) is 5.18. The molecule has 0 atom stereocenters. The normalized spacial score (nSPS) is 13.8. The molecule has 1 aromatic rings. The Balaban J connectivity index is 2.17. The number of thioether (sulfide) groups is 1. The highest BCUT2D eigenvalue weighted by Gasteiger charge is 2.17. The Kier molecular flexibility index (Phi) is 3.75. The van der Waals surface area contributed by atoms with Crippen LogP contribution < -0.4 is 15.8 Å². The Labute approximate surface area is 104 Å². The van der Waals surface area contributed by atoms with Crippen molar-refractivity contribution in [1.29, 1.82) is 0 Å². The minimum atomic E-state index is -0.143. The fraction of sp³-hybridized carbons (Fsp3) is 0.364. The summed E-state index contributed by atoms with van der Waals surface area (Å²) in [4.78, 5) is 12.1. The van der Waals surface area contributed by atoms with Gasteiger partial charge in [-0.3, -0.25) is 4.79 Å². The van der Waals surface area contributed by atoms with Gasteiger partial charge in [0.2, 0.25) is 0 Å². The highest BCUT2D eigenvalue weighted by atomic mass is 32.2. The molecule has 0 saturated carbocycles. The van der Waals surface area contributed by atoms with E-state index >= 15 is 0 Å². The molecule has 0 bridgehead atoms. The molecule has 0 radical (unpaired) electrons. The van der Waals surface area contributed by atoms with Gasteiger partial charge in [0, 0.05) is 29.5 Å². The lowest BCUT2D eigenvalue weighted by Crippen LogP contribution is -2.25. The number of ether oxygens (including phenoxy) is 2. The van der Waals surface area contributed by atoms with Gasteiger partial charge >= 0.3 is 0 Å². The van der Waals surface area contributed by atoms with Gasteiger partial charge in [0.05, 0.1) is 12.3 Å². The molecule has 92 valence electrons. The van der Waals surface area contributed by atoms with Crippen molar-refractivity contribution < 1.29 is 14.3 Å². The van der Waals surface area contributed by atoms with Crippen LogP contribution in [0, 0.1) is 0 Å². The second-order valence-electron chi connectivity index (χ2n) is 3.56. The molecule has 1 amide bonds. The minimum Gasteiger partial charge on any atom is -0.482 e. The van der Waals surface area contributed by atoms with Crippen LogP contribution in [0.25, 0.3) is 0 Å². The number of rotatable bonds is 4. The largest absolute Gasteiger partial charge is 0.482 e. The van der Waals surface area contributed by atoms with E-state index in [2.05, 4.69) is 5.32 Å². The van der Waals surface area contributed by atoms with Gasteiger partial charge < -0.3 is 20.5 Å². The van der Waals surface area contributed by atoms with Gasteiger partial charge in [-0.05, 0) is 6.07 Å². The van der Waals surface area contributed by atoms with E-state index in [0.29, 0.717) is 23.7 Å². The number of methoxy groups -OCH3 is 1. The summed E-state index contributed by atoms with van der Waals surface area (Å²) in [6.07, 6.45) is 0. The quantitative estimate of drug-likeness (QED) is 0.482. The van der Waals surface area contributed by atoms with Gasteiger partial charge in [0.25, 0.3) is 5.91 Å². The lowest BCUT2D eigenvalue weighted by molar-refractivity contribution is -0.118. The van der Waals surface area contributed by atoms with Crippen LogP contribution in [0.3, 0.4) is 0 Å². The van der Waals surface area contributed by atoms with E-state index in [1.807, 2.05) is 6.07 Å². The molecule has 5 nitrogen and oxygen atoms in total. The average molecular weight is 254 g/mol. The minimum absolute atomic E-state index is 0.0443. The van der Waals surface area contributed by atoms with Crippen molar-refractivity contribution in [3.8, 4) is 5.75 Å². The average Bonchev–Trinajstić information content (AvgIpc) is 2.31. The van der Waals surface area contributed by atoms with Crippen LogP contribution in [0.1, 0.15) is 0 Å². The molecule has 1 aliphatic heterocycles. The van der Waals surface area contributed by atoms with Crippen molar-refractivity contribution in [2.75, 3.05) is 37.1 Å². The molecule has 0 unspecified atom stereocenters. The molecular weight excluding hydrogens is 240 g/mol. The van der Waals surface area contributed by atoms with Crippen LogP contribution in [0.15, 0.2) is 17.0 Å². The van der Waals surface area contributed by atoms with E-state index in [0.717, 1.165) is 10.6 Å². The first-order chi connectivity index (χ1) is 8.20. The van der Waals surface area contributed by atoms with Gasteiger partial charge in [0.1, 0.15) is 5.75 Å². The van der Waals surface area contributed by atoms with Crippen molar-refractivity contribution in [2.24, 2.45) is 0 Å². The third-order valence-corrected chi connectivity index (χ3v) is 3.33. The molecule has 1 aromatic carbocycles. The van der Waals surface area contributed by atoms with E-state index in [1.54, 1.807) is 24.9 Å². The number of nitrogen functional groups attached to an aromatic ring is 1. The van der Waals surface area contributed by atoms with Gasteiger partial charge in [-0.25, -0.2) is 0 Å². The molecule has 1 heterocycles. The van der Waals surface area contributed by atoms with Crippen LogP contribution in [-0.4, -0.2) is 32.0 Å². The smallest absolute Gasteiger partial charge is 0.262 e. The fourth-order valence-electron chi connectivity index (χ4n) is 1.48. The SMILES string of the molecule is COCCSc1cc2c(cc1N)OCC(=O)N2. The summed E-state index contributed by atoms with van der Waals surface area (Å²) in [6.45, 7) is 0.701. The molecule has 0 aliphatic carbocycles. The maximum atomic E-state index is 11.2. The van der Waals surface area contributed by atoms with Crippen molar-refractivity contribution in [3.05, 3.63) is 12.1 Å². The number of amides is 1. The summed E-state index contributed by atoms with van der Waals surface area (Å²) in [7, 11) is 1.66. The summed E-state index contributed by atoms with van der Waals surface area (Å²) >= 11 is 1.59. The van der Waals surface area contributed by atoms with Crippen molar-refractivity contribution in [1.82, 2.24) is 0 Å². The van der Waals surface area contributed by atoms with Crippen molar-refractivity contribution in [2.45, 2.75) is 4.90 Å². The number of hydrogen-bond acceptors (Lipinski definition) is 5. The predicted octanol–water partition coefficient (Wildman–Crippen LogP) is 1.34. The maximum absolute atomic E-state index is 11.2. The van der Waals surface area contributed by atoms with Gasteiger partial charge in [0.15, 0.2) is 6.61 Å². The topological polar surface area (TPSA) is 73.6 Å². The monoisotopic (exact) mass is 254 g/mol. The van der Waals surface area contributed by atoms with Crippen LogP contribution in [0.5, 0.6) is 5.75 Å². The molecule has 2 rings (SSSR count). The summed E-state index contributed by atoms with van der Waals surface area (Å²) < 4.78 is 10.2. The number of nitrogens with two attached hydrogens (primary N) is 1. The predicted molar refractivity (Wildman–Crippen MR) is 67.6 cm³/mol. The van der Waals surface area contributed by atoms with Crippen LogP contribution in [0.4, 0.5) is 11.4 Å². The summed E-state index contributed by atoms with van der Waals surface area (Å²) in [5.41, 5.74) is 7.24. The van der Waals surface area contributed by atoms with Crippen molar-refractivity contribution >= 4 is 29.0 Å². The molecule has 0 fully saturated rings. The Hall–Kier alpha value is -1.40. The van der Waals surface area contributed by atoms with Crippen LogP contribution in [0.2, 0.25) is 0 Å². The van der Waals surface area contributed by atoms with Crippen molar-refractivity contribution in [3.63, 3.8) is 0 Å². The summed E-state index contributed by atoms with van der Waals surface area (Å²) in [5.74, 6) is 1.29. The maximum Gasteiger partial charge on any atom is 0.262 e. The third kappa shape index (κ3) is 2.83. The molecule has 1 aliphatic rings. The Morgan fingerprint density at radius 2 is 2.41 bits per heavy atom. The molecule has 17 heavy (non-hydrogen) atoms. The number of nitrogens with one attached hydrogen (secondary N) is 1. The Morgan fingerprint density at radius 1 is 1.59 bits per heavy atom. The standard InChI is InChI=1S/C11H14N2O3S/c1-15-2-3-17-10-5-8-9(4-7(10)12)16-6-11(14)13-8/h4-5H,2-3,6,12H2,1H3,(H,13,14). The van der Waals surface area contributed by atoms with Crippen LogP contribution in [-0.2, 0) is 9.53 Å². The van der Waals surface area contributed by atoms with Gasteiger partial charge in [-0.2, -0.15) is 0 Å². The van der Waals surface area contributed by atoms with Gasteiger partial charge in [-0.15, -0.1) is 11.8 Å². The highest BCUT2D eigenvalue weighted by molar-refractivity contribution is 7.99. The highest BCUT2D eigenvalue weighted by Crippen LogP contribution is 2.36. The van der Waals surface area contributed by atoms with E-state index in [1.165, 1.54) is 0 Å². The first kappa shape index (κ1) is 12.1. The zero-order chi connectivity index (χ0) is 12.3. The summed E-state index contributed by atoms with van der Waals surface area (Å²) in [5, 5.41) is 2.75. The number of carbonyl (C=O) groups is 1. The van der Waals surface area contributed by atoms with E-state index in [-0.39, 0.29) is 12.5 Å². The third-order valence-electron chi connectivity index (χ3n) is 2.29. The molecule has 0 aromatic heterocycles. The zero-order valence-corrected chi connectivity index (χ0v) is 10.3. The Bertz CT molecular complexity index is 437. The first-order valence-corrected chi connectivity index (χ1v) is 6.17. The second-order valence-corrected chi connectivity index (χ2v) is 4.70. The van der Waals surface area contributed by atoms with Gasteiger partial charge in [-0.1, -0.05) is 0 Å². The molecule has 6 heteroatoms. The van der Waals surface area contributed by atoms with E-state index in [4.69, 9.17) is 15.2 Å². The van der Waals surface area contributed by atoms with Crippen LogP contribution >= 0.6 is 11.8 Å². The second kappa shape index (κ2) is 5.29. The number of hydrogen-bond donors (Lipinski definition) is 2. The lowest BCUT2D eigenvalue weighted by atomic mass is 10.2. The molecule has 3 N–H and O–H groups in total. The molecular formula is C11H14N2O3S. The van der Waals surface area contributed by atoms with E-state index in [9.17, 15) is 4.79 Å². The molecule has 0 spiro atoms. The summed E-state index contributed by atoms with van der Waals surface area (Å²) in [6, 6.07) is 3.58. The fourth-order valence-corrected chi connectivity index (χ4v) is 2.38. The lowest BCUT2D eigenvalue weighted by Gasteiger charge is -2.19. The molecule has 0 saturated heterocycles. The Morgan fingerprint density at radius 3 is 3.18 bits per heavy atom. The zero-order valence-electron chi connectivity index (χ0n) is 9.49. The number of carbonyl (C=O) groups excluding carboxylic acids is 1. The number of anilines is 2. The number of benzene rings is 1. The van der Waals surface area contributed by atoms with E-state index < -0.39 is 0 Å². The number of fused-ring (bicyclic) bond motifs is 1.